The van der Waals surface area contributed by atoms with E-state index in [-0.39, 0.29) is 0 Å². The van der Waals surface area contributed by atoms with Crippen LogP contribution in [0.15, 0.2) is 11.8 Å². The summed E-state index contributed by atoms with van der Waals surface area (Å²) in [5.74, 6) is 0.0463. The Kier molecular flexibility index (Phi) is 3.12. The second kappa shape index (κ2) is 3.92. The van der Waals surface area contributed by atoms with Crippen LogP contribution in [0.3, 0.4) is 0 Å². The highest BCUT2D eigenvalue weighted by Gasteiger charge is 2.37. The van der Waals surface area contributed by atoms with Gasteiger partial charge in [-0.25, -0.2) is 0 Å². The van der Waals surface area contributed by atoms with Crippen molar-refractivity contribution in [2.24, 2.45) is 0 Å². The molecular formula is C9H16O3. The number of allylic oxidation sites excluding steroid dienone is 1. The molecule has 3 heteroatoms. The topological polar surface area (TPSA) is 27.7 Å². The van der Waals surface area contributed by atoms with E-state index in [0.717, 1.165) is 5.76 Å². The van der Waals surface area contributed by atoms with Gasteiger partial charge in [0.1, 0.15) is 0 Å². The average molecular weight is 172 g/mol. The minimum absolute atomic E-state index is 0.598. The zero-order valence-electron chi connectivity index (χ0n) is 7.92. The summed E-state index contributed by atoms with van der Waals surface area (Å²) >= 11 is 0. The SMILES string of the molecule is CCOC1(OCC)CC=C(C)O1. The first kappa shape index (κ1) is 9.55. The molecule has 1 heterocycles. The highest BCUT2D eigenvalue weighted by Crippen LogP contribution is 2.30. The van der Waals surface area contributed by atoms with Crippen LogP contribution in [0.5, 0.6) is 0 Å². The second-order valence-corrected chi connectivity index (χ2v) is 2.67. The summed E-state index contributed by atoms with van der Waals surface area (Å²) in [5.41, 5.74) is 0. The molecule has 0 atom stereocenters. The first-order valence-corrected chi connectivity index (χ1v) is 4.36. The van der Waals surface area contributed by atoms with Gasteiger partial charge in [-0.15, -0.1) is 0 Å². The molecule has 0 fully saturated rings. The van der Waals surface area contributed by atoms with Gasteiger partial charge < -0.3 is 14.2 Å². The number of ether oxygens (including phenoxy) is 3. The molecule has 0 radical (unpaired) electrons. The predicted molar refractivity (Wildman–Crippen MR) is 45.4 cm³/mol. The van der Waals surface area contributed by atoms with E-state index < -0.39 is 5.97 Å². The Labute approximate surface area is 73.3 Å². The number of hydrogen-bond acceptors (Lipinski definition) is 3. The Balaban J connectivity index is 2.51. The van der Waals surface area contributed by atoms with Crippen molar-refractivity contribution < 1.29 is 14.2 Å². The Morgan fingerprint density at radius 3 is 2.33 bits per heavy atom. The van der Waals surface area contributed by atoms with Gasteiger partial charge in [0.15, 0.2) is 0 Å². The minimum atomic E-state index is -0.826. The molecule has 0 saturated carbocycles. The van der Waals surface area contributed by atoms with Gasteiger partial charge in [-0.3, -0.25) is 0 Å². The number of hydrogen-bond donors (Lipinski definition) is 0. The van der Waals surface area contributed by atoms with Crippen molar-refractivity contribution in [3.63, 3.8) is 0 Å². The van der Waals surface area contributed by atoms with E-state index in [1.807, 2.05) is 26.8 Å². The molecule has 0 aromatic heterocycles. The number of rotatable bonds is 4. The third kappa shape index (κ3) is 1.99. The molecule has 0 amide bonds. The quantitative estimate of drug-likeness (QED) is 0.607. The smallest absolute Gasteiger partial charge is 0.330 e. The Morgan fingerprint density at radius 2 is 2.00 bits per heavy atom. The van der Waals surface area contributed by atoms with Crippen LogP contribution in [0.4, 0.5) is 0 Å². The van der Waals surface area contributed by atoms with Gasteiger partial charge in [0.2, 0.25) is 0 Å². The van der Waals surface area contributed by atoms with Crippen molar-refractivity contribution in [3.8, 4) is 0 Å². The van der Waals surface area contributed by atoms with E-state index in [1.165, 1.54) is 0 Å². The maximum Gasteiger partial charge on any atom is 0.330 e. The Morgan fingerprint density at radius 1 is 1.42 bits per heavy atom. The summed E-state index contributed by atoms with van der Waals surface area (Å²) in [6.45, 7) is 6.96. The standard InChI is InChI=1S/C9H16O3/c1-4-10-9(11-5-2)7-6-8(3)12-9/h6H,4-5,7H2,1-3H3. The molecule has 0 aromatic carbocycles. The molecule has 1 aliphatic heterocycles. The lowest BCUT2D eigenvalue weighted by Gasteiger charge is -2.27. The van der Waals surface area contributed by atoms with Gasteiger partial charge in [0.25, 0.3) is 0 Å². The molecule has 70 valence electrons. The third-order valence-electron chi connectivity index (χ3n) is 1.68. The molecule has 3 nitrogen and oxygen atoms in total. The van der Waals surface area contributed by atoms with Crippen molar-refractivity contribution >= 4 is 0 Å². The third-order valence-corrected chi connectivity index (χ3v) is 1.68. The summed E-state index contributed by atoms with van der Waals surface area (Å²) in [6.07, 6.45) is 2.66. The van der Waals surface area contributed by atoms with Crippen LogP contribution in [-0.4, -0.2) is 19.2 Å². The first-order valence-electron chi connectivity index (χ1n) is 4.36. The van der Waals surface area contributed by atoms with Crippen molar-refractivity contribution in [1.29, 1.82) is 0 Å². The molecule has 0 aromatic rings. The monoisotopic (exact) mass is 172 g/mol. The molecule has 0 aliphatic carbocycles. The normalized spacial score (nSPS) is 20.4. The van der Waals surface area contributed by atoms with E-state index in [1.54, 1.807) is 0 Å². The van der Waals surface area contributed by atoms with E-state index in [2.05, 4.69) is 0 Å². The molecule has 12 heavy (non-hydrogen) atoms. The fourth-order valence-corrected chi connectivity index (χ4v) is 1.26. The van der Waals surface area contributed by atoms with Crippen LogP contribution in [0.25, 0.3) is 0 Å². The zero-order chi connectivity index (χ0) is 9.03. The highest BCUT2D eigenvalue weighted by molar-refractivity contribution is 4.98. The average Bonchev–Trinajstić information content (AvgIpc) is 2.34. The molecule has 0 bridgehead atoms. The fourth-order valence-electron chi connectivity index (χ4n) is 1.26. The fraction of sp³-hybridized carbons (Fsp3) is 0.778. The second-order valence-electron chi connectivity index (χ2n) is 2.67. The van der Waals surface area contributed by atoms with Crippen LogP contribution in [0, 0.1) is 0 Å². The van der Waals surface area contributed by atoms with E-state index in [4.69, 9.17) is 14.2 Å². The minimum Gasteiger partial charge on any atom is -0.444 e. The highest BCUT2D eigenvalue weighted by atomic mass is 16.9. The predicted octanol–water partition coefficient (Wildman–Crippen LogP) is 2.04. The van der Waals surface area contributed by atoms with E-state index >= 15 is 0 Å². The summed E-state index contributed by atoms with van der Waals surface area (Å²) in [4.78, 5) is 0. The maximum absolute atomic E-state index is 5.45. The summed E-state index contributed by atoms with van der Waals surface area (Å²) in [5, 5.41) is 0. The van der Waals surface area contributed by atoms with Crippen molar-refractivity contribution in [1.82, 2.24) is 0 Å². The Bertz CT molecular complexity index is 169. The molecule has 1 rings (SSSR count). The van der Waals surface area contributed by atoms with Gasteiger partial charge >= 0.3 is 5.97 Å². The van der Waals surface area contributed by atoms with Crippen molar-refractivity contribution in [3.05, 3.63) is 11.8 Å². The molecule has 1 aliphatic rings. The summed E-state index contributed by atoms with van der Waals surface area (Å²) < 4.78 is 16.3. The van der Waals surface area contributed by atoms with Crippen LogP contribution in [-0.2, 0) is 14.2 Å². The summed E-state index contributed by atoms with van der Waals surface area (Å²) in [7, 11) is 0. The molecule has 0 unspecified atom stereocenters. The maximum atomic E-state index is 5.45. The van der Waals surface area contributed by atoms with E-state index in [0.29, 0.717) is 19.6 Å². The lowest BCUT2D eigenvalue weighted by molar-refractivity contribution is -0.352. The lowest BCUT2D eigenvalue weighted by Crippen LogP contribution is -2.35. The van der Waals surface area contributed by atoms with Gasteiger partial charge in [0, 0.05) is 0 Å². The van der Waals surface area contributed by atoms with Crippen LogP contribution < -0.4 is 0 Å². The Hall–Kier alpha value is -0.540. The largest absolute Gasteiger partial charge is 0.444 e. The van der Waals surface area contributed by atoms with Gasteiger partial charge in [-0.05, 0) is 26.8 Å². The zero-order valence-corrected chi connectivity index (χ0v) is 7.92. The molecule has 0 N–H and O–H groups in total. The van der Waals surface area contributed by atoms with Crippen LogP contribution in [0.2, 0.25) is 0 Å². The van der Waals surface area contributed by atoms with Crippen molar-refractivity contribution in [2.75, 3.05) is 13.2 Å². The van der Waals surface area contributed by atoms with Crippen molar-refractivity contribution in [2.45, 2.75) is 33.2 Å². The molecule has 0 spiro atoms. The van der Waals surface area contributed by atoms with Gasteiger partial charge in [-0.1, -0.05) is 0 Å². The molecule has 0 saturated heterocycles. The van der Waals surface area contributed by atoms with Crippen LogP contribution >= 0.6 is 0 Å². The van der Waals surface area contributed by atoms with Crippen LogP contribution in [0.1, 0.15) is 27.2 Å². The van der Waals surface area contributed by atoms with Gasteiger partial charge in [0.05, 0.1) is 25.4 Å². The molecular weight excluding hydrogens is 156 g/mol. The lowest BCUT2D eigenvalue weighted by atomic mass is 10.3. The van der Waals surface area contributed by atoms with Gasteiger partial charge in [-0.2, -0.15) is 0 Å². The summed E-state index contributed by atoms with van der Waals surface area (Å²) in [6, 6.07) is 0. The first-order chi connectivity index (χ1) is 5.72. The van der Waals surface area contributed by atoms with E-state index in [9.17, 15) is 0 Å².